The fourth-order valence-electron chi connectivity index (χ4n) is 0.406. The first-order chi connectivity index (χ1) is 4.59. The summed E-state index contributed by atoms with van der Waals surface area (Å²) in [5.74, 6) is -0.239. The number of halogens is 1. The Hall–Kier alpha value is -0.0500. The van der Waals surface area contributed by atoms with E-state index in [-0.39, 0.29) is 5.92 Å². The molecule has 0 spiro atoms. The molecule has 2 unspecified atom stereocenters. The Bertz CT molecular complexity index is 109. The van der Waals surface area contributed by atoms with Gasteiger partial charge in [0.25, 0.3) is 0 Å². The van der Waals surface area contributed by atoms with E-state index in [1.165, 1.54) is 0 Å². The van der Waals surface area contributed by atoms with E-state index >= 15 is 0 Å². The summed E-state index contributed by atoms with van der Waals surface area (Å²) in [5, 5.41) is 8.88. The lowest BCUT2D eigenvalue weighted by atomic mass is 10.1. The Balaban J connectivity index is 3.68. The topological polar surface area (TPSA) is 46.5 Å². The van der Waals surface area contributed by atoms with E-state index in [0.717, 1.165) is 0 Å². The lowest BCUT2D eigenvalue weighted by molar-refractivity contribution is -0.0608. The van der Waals surface area contributed by atoms with E-state index in [4.69, 9.17) is 5.11 Å². The predicted octanol–water partition coefficient (Wildman–Crippen LogP) is 1.52. The maximum atomic E-state index is 12.4. The Morgan fingerprint density at radius 3 is 2.40 bits per heavy atom. The zero-order chi connectivity index (χ0) is 8.15. The zero-order valence-corrected chi connectivity index (χ0v) is 6.72. The lowest BCUT2D eigenvalue weighted by Crippen LogP contribution is -2.27. The summed E-state index contributed by atoms with van der Waals surface area (Å²) in [4.78, 5) is 0. The summed E-state index contributed by atoms with van der Waals surface area (Å²) in [6, 6.07) is 0. The first-order valence-electron chi connectivity index (χ1n) is 2.90. The Labute approximate surface area is 60.5 Å². The monoisotopic (exact) mass is 168 g/mol. The lowest BCUT2D eigenvalue weighted by Gasteiger charge is -2.15. The molecule has 2 atom stereocenters. The molecular formula is C5H10FO3P. The first kappa shape index (κ1) is 9.95. The van der Waals surface area contributed by atoms with Crippen LogP contribution in [-0.2, 0) is 9.09 Å². The van der Waals surface area contributed by atoms with E-state index in [1.54, 1.807) is 13.8 Å². The molecule has 0 heterocycles. The smallest absolute Gasteiger partial charge is 0.330 e. The van der Waals surface area contributed by atoms with Crippen molar-refractivity contribution in [1.82, 2.24) is 0 Å². The van der Waals surface area contributed by atoms with Gasteiger partial charge in [0, 0.05) is 0 Å². The van der Waals surface area contributed by atoms with Gasteiger partial charge in [-0.1, -0.05) is 13.8 Å². The summed E-state index contributed by atoms with van der Waals surface area (Å²) < 4.78 is 26.0. The molecule has 10 heavy (non-hydrogen) atoms. The molecule has 1 N–H and O–H groups in total. The van der Waals surface area contributed by atoms with Crippen molar-refractivity contribution in [2.24, 2.45) is 5.92 Å². The minimum atomic E-state index is -1.86. The van der Waals surface area contributed by atoms with Crippen LogP contribution < -0.4 is 0 Å². The van der Waals surface area contributed by atoms with Crippen LogP contribution in [0.2, 0.25) is 0 Å². The quantitative estimate of drug-likeness (QED) is 0.647. The molecule has 0 radical (unpaired) electrons. The van der Waals surface area contributed by atoms with Gasteiger partial charge < -0.3 is 5.11 Å². The van der Waals surface area contributed by atoms with Crippen molar-refractivity contribution >= 4 is 8.69 Å². The highest BCUT2D eigenvalue weighted by Gasteiger charge is 2.22. The molecule has 0 aliphatic heterocycles. The van der Waals surface area contributed by atoms with E-state index in [2.05, 4.69) is 4.52 Å². The third-order valence-corrected chi connectivity index (χ3v) is 1.38. The molecule has 0 aromatic carbocycles. The highest BCUT2D eigenvalue weighted by atomic mass is 31.1. The molecule has 0 fully saturated rings. The summed E-state index contributed by atoms with van der Waals surface area (Å²) in [7, 11) is -0.745. The van der Waals surface area contributed by atoms with Gasteiger partial charge in [0.15, 0.2) is 0 Å². The molecule has 0 saturated heterocycles. The van der Waals surface area contributed by atoms with Crippen molar-refractivity contribution in [3.05, 3.63) is 0 Å². The minimum Gasteiger partial charge on any atom is -0.387 e. The van der Waals surface area contributed by atoms with Crippen LogP contribution in [0.15, 0.2) is 0 Å². The number of aliphatic hydroxyl groups excluding tert-OH is 1. The van der Waals surface area contributed by atoms with Crippen LogP contribution in [0, 0.1) is 5.92 Å². The Morgan fingerprint density at radius 2 is 2.10 bits per heavy atom. The van der Waals surface area contributed by atoms with Gasteiger partial charge in [-0.15, -0.1) is 0 Å². The summed E-state index contributed by atoms with van der Waals surface area (Å²) in [6.45, 7) is 3.28. The second kappa shape index (κ2) is 4.72. The predicted molar refractivity (Wildman–Crippen MR) is 34.4 cm³/mol. The van der Waals surface area contributed by atoms with Crippen molar-refractivity contribution in [3.8, 4) is 0 Å². The van der Waals surface area contributed by atoms with Crippen LogP contribution in [0.1, 0.15) is 13.8 Å². The average molecular weight is 168 g/mol. The average Bonchev–Trinajstić information content (AvgIpc) is 1.87. The van der Waals surface area contributed by atoms with E-state index in [9.17, 15) is 8.96 Å². The van der Waals surface area contributed by atoms with Crippen LogP contribution in [0.3, 0.4) is 0 Å². The molecule has 0 aromatic rings. The third-order valence-electron chi connectivity index (χ3n) is 1.10. The van der Waals surface area contributed by atoms with Crippen LogP contribution in [0.4, 0.5) is 4.39 Å². The second-order valence-electron chi connectivity index (χ2n) is 2.27. The fourth-order valence-corrected chi connectivity index (χ4v) is 0.613. The standard InChI is InChI=1S/C5H10FO3P/c1-3(2)4(7)5(6)9-10-8/h3-5,7H,1-2H3. The largest absolute Gasteiger partial charge is 0.387 e. The second-order valence-corrected chi connectivity index (χ2v) is 2.63. The molecule has 0 aliphatic rings. The van der Waals surface area contributed by atoms with Gasteiger partial charge in [0.1, 0.15) is 6.10 Å². The number of alkyl halides is 1. The summed E-state index contributed by atoms with van der Waals surface area (Å²) >= 11 is 0. The van der Waals surface area contributed by atoms with Crippen LogP contribution in [0.25, 0.3) is 0 Å². The molecular weight excluding hydrogens is 158 g/mol. The zero-order valence-electron chi connectivity index (χ0n) is 5.82. The van der Waals surface area contributed by atoms with Gasteiger partial charge in [0.2, 0.25) is 6.36 Å². The molecule has 0 bridgehead atoms. The van der Waals surface area contributed by atoms with Gasteiger partial charge >= 0.3 is 8.69 Å². The van der Waals surface area contributed by atoms with Gasteiger partial charge in [-0.05, 0) is 5.92 Å². The van der Waals surface area contributed by atoms with Crippen molar-refractivity contribution < 1.29 is 18.6 Å². The maximum Gasteiger partial charge on any atom is 0.330 e. The highest BCUT2D eigenvalue weighted by molar-refractivity contribution is 7.17. The molecule has 0 rings (SSSR count). The van der Waals surface area contributed by atoms with E-state index < -0.39 is 21.1 Å². The molecule has 60 valence electrons. The normalized spacial score (nSPS) is 17.7. The molecule has 0 saturated carbocycles. The molecule has 0 aromatic heterocycles. The summed E-state index contributed by atoms with van der Waals surface area (Å²) in [5.41, 5.74) is 0. The Kier molecular flexibility index (Phi) is 4.69. The third kappa shape index (κ3) is 3.20. The number of hydrogen-bond donors (Lipinski definition) is 1. The van der Waals surface area contributed by atoms with Crippen LogP contribution in [-0.4, -0.2) is 17.6 Å². The van der Waals surface area contributed by atoms with Gasteiger partial charge in [-0.3, -0.25) is 4.52 Å². The number of rotatable bonds is 4. The molecule has 5 heteroatoms. The SMILES string of the molecule is CC(C)C(O)C(F)OP=O. The highest BCUT2D eigenvalue weighted by Crippen LogP contribution is 2.14. The molecule has 3 nitrogen and oxygen atoms in total. The maximum absolute atomic E-state index is 12.4. The number of hydrogen-bond acceptors (Lipinski definition) is 3. The van der Waals surface area contributed by atoms with Gasteiger partial charge in [-0.2, -0.15) is 0 Å². The fraction of sp³-hybridized carbons (Fsp3) is 1.00. The Morgan fingerprint density at radius 1 is 1.60 bits per heavy atom. The first-order valence-corrected chi connectivity index (χ1v) is 3.63. The van der Waals surface area contributed by atoms with Gasteiger partial charge in [0.05, 0.1) is 0 Å². The van der Waals surface area contributed by atoms with Crippen molar-refractivity contribution in [3.63, 3.8) is 0 Å². The van der Waals surface area contributed by atoms with E-state index in [1.807, 2.05) is 0 Å². The van der Waals surface area contributed by atoms with E-state index in [0.29, 0.717) is 0 Å². The molecule has 0 aliphatic carbocycles. The van der Waals surface area contributed by atoms with Crippen molar-refractivity contribution in [2.75, 3.05) is 0 Å². The minimum absolute atomic E-state index is 0.239. The van der Waals surface area contributed by atoms with Crippen LogP contribution >= 0.6 is 8.69 Å². The summed E-state index contributed by atoms with van der Waals surface area (Å²) in [6.07, 6.45) is -3.07. The van der Waals surface area contributed by atoms with Gasteiger partial charge in [-0.25, -0.2) is 8.96 Å². The molecule has 0 amide bonds. The van der Waals surface area contributed by atoms with Crippen LogP contribution in [0.5, 0.6) is 0 Å². The van der Waals surface area contributed by atoms with Crippen molar-refractivity contribution in [1.29, 1.82) is 0 Å². The number of aliphatic hydroxyl groups is 1. The van der Waals surface area contributed by atoms with Crippen molar-refractivity contribution in [2.45, 2.75) is 26.3 Å².